The van der Waals surface area contributed by atoms with Crippen molar-refractivity contribution in [3.8, 4) is 23.0 Å². The number of methoxy groups -OCH3 is 1. The van der Waals surface area contributed by atoms with Crippen LogP contribution in [-0.4, -0.2) is 201 Å². The Labute approximate surface area is 592 Å². The second-order valence-corrected chi connectivity index (χ2v) is 28.3. The lowest BCUT2D eigenvalue weighted by molar-refractivity contribution is -0.249. The Morgan fingerprint density at radius 2 is 1.37 bits per heavy atom. The Hall–Kier alpha value is -9.73. The first kappa shape index (κ1) is 77.4. The molecule has 11 atom stereocenters. The Morgan fingerprint density at radius 1 is 0.728 bits per heavy atom. The van der Waals surface area contributed by atoms with Crippen LogP contribution in [0, 0.1) is 11.8 Å². The SMILES string of the molecule is COc1cccc2c1C(=O)c1c(O)c3c(c(O)c1C2=O)C[C@@](O)(C(=O)CO)C[C@@H]3O[C@H]1C[C@H](NC(=O)[C@H](CC(C)C)NC(=O)[C@H](Cc2ccc(O)cc2)NC(=O)[C@H](COCc2ccccc2)NC(=O)CNC(=O)[C@H](CC(C)C)NC(=O)[C@@H]2CCCN2C(=O)c2ccccc2S(=O)(=O)O)[C@H](O)[C@H](C)O1. The number of carbonyl (C=O) groups is 10. The fraction of sp³-hybridized carbons (Fsp3) is 0.444. The van der Waals surface area contributed by atoms with E-state index in [0.717, 1.165) is 11.0 Å². The van der Waals surface area contributed by atoms with E-state index in [1.165, 1.54) is 74.7 Å². The van der Waals surface area contributed by atoms with Gasteiger partial charge in [0.1, 0.15) is 76.4 Å². The zero-order chi connectivity index (χ0) is 74.9. The number of Topliss-reactive ketones (excluding diaryl/α,β-unsaturated/α-hetero) is 1. The molecule has 7 amide bonds. The predicted molar refractivity (Wildman–Crippen MR) is 364 cm³/mol. The topological polar surface area (TPSA) is 459 Å². The van der Waals surface area contributed by atoms with E-state index in [1.54, 1.807) is 58.0 Å². The number of ether oxygens (including phenoxy) is 4. The second kappa shape index (κ2) is 33.2. The van der Waals surface area contributed by atoms with Crippen LogP contribution in [0.25, 0.3) is 0 Å². The minimum absolute atomic E-state index is 0.0153. The minimum atomic E-state index is -4.84. The number of amides is 7. The summed E-state index contributed by atoms with van der Waals surface area (Å²) in [5.74, 6) is -11.4. The number of nitrogens with zero attached hydrogens (tertiary/aromatic N) is 1. The molecule has 13 N–H and O–H groups in total. The van der Waals surface area contributed by atoms with Crippen LogP contribution in [0.3, 0.4) is 0 Å². The average molecular weight is 1450 g/mol. The number of carbonyl (C=O) groups excluding carboxylic acids is 10. The molecule has 0 unspecified atom stereocenters. The van der Waals surface area contributed by atoms with Gasteiger partial charge in [-0.15, -0.1) is 0 Å². The number of rotatable bonds is 29. The summed E-state index contributed by atoms with van der Waals surface area (Å²) in [6.07, 6.45) is -7.44. The van der Waals surface area contributed by atoms with Gasteiger partial charge in [0.2, 0.25) is 41.2 Å². The molecule has 2 saturated heterocycles. The van der Waals surface area contributed by atoms with Crippen LogP contribution in [0.2, 0.25) is 0 Å². The summed E-state index contributed by atoms with van der Waals surface area (Å²) in [7, 11) is -3.57. The van der Waals surface area contributed by atoms with Crippen molar-refractivity contribution < 1.29 is 111 Å². The zero-order valence-electron chi connectivity index (χ0n) is 57.4. The second-order valence-electron chi connectivity index (χ2n) is 26.9. The summed E-state index contributed by atoms with van der Waals surface area (Å²) in [5, 5.41) is 83.7. The molecule has 9 rings (SSSR count). The molecule has 552 valence electrons. The van der Waals surface area contributed by atoms with E-state index in [1.807, 2.05) is 0 Å². The van der Waals surface area contributed by atoms with Gasteiger partial charge < -0.3 is 86.4 Å². The van der Waals surface area contributed by atoms with Crippen LogP contribution in [0.15, 0.2) is 102 Å². The first-order valence-electron chi connectivity index (χ1n) is 33.6. The van der Waals surface area contributed by atoms with Crippen LogP contribution in [-0.2, 0) is 77.3 Å². The summed E-state index contributed by atoms with van der Waals surface area (Å²) >= 11 is 0. The molecule has 31 heteroatoms. The van der Waals surface area contributed by atoms with Crippen LogP contribution >= 0.6 is 0 Å². The van der Waals surface area contributed by atoms with Crippen molar-refractivity contribution in [1.29, 1.82) is 0 Å². The fourth-order valence-corrected chi connectivity index (χ4v) is 14.0. The molecule has 0 radical (unpaired) electrons. The fourth-order valence-electron chi connectivity index (χ4n) is 13.3. The number of hydrogen-bond donors (Lipinski definition) is 13. The molecule has 2 heterocycles. The third kappa shape index (κ3) is 18.0. The van der Waals surface area contributed by atoms with Gasteiger partial charge in [0.25, 0.3) is 16.0 Å². The van der Waals surface area contributed by atoms with Crippen LogP contribution in [0.4, 0.5) is 0 Å². The molecule has 5 aromatic carbocycles. The third-order valence-corrected chi connectivity index (χ3v) is 19.4. The summed E-state index contributed by atoms with van der Waals surface area (Å²) in [4.78, 5) is 142. The number of phenolic OH excluding ortho intramolecular Hbond substituents is 3. The number of phenols is 3. The van der Waals surface area contributed by atoms with Crippen molar-refractivity contribution in [2.75, 3.05) is 33.4 Å². The predicted octanol–water partition coefficient (Wildman–Crippen LogP) is 2.02. The highest BCUT2D eigenvalue weighted by molar-refractivity contribution is 7.86. The van der Waals surface area contributed by atoms with Crippen LogP contribution in [0.5, 0.6) is 23.0 Å². The molecule has 0 aromatic heterocycles. The van der Waals surface area contributed by atoms with Gasteiger partial charge in [-0.1, -0.05) is 94.4 Å². The van der Waals surface area contributed by atoms with Crippen molar-refractivity contribution in [3.63, 3.8) is 0 Å². The van der Waals surface area contributed by atoms with Gasteiger partial charge in [-0.2, -0.15) is 8.42 Å². The lowest BCUT2D eigenvalue weighted by atomic mass is 9.72. The summed E-state index contributed by atoms with van der Waals surface area (Å²) in [6.45, 7) is 6.03. The minimum Gasteiger partial charge on any atom is -0.508 e. The maximum atomic E-state index is 14.9. The molecule has 103 heavy (non-hydrogen) atoms. The number of aliphatic hydroxyl groups excluding tert-OH is 2. The van der Waals surface area contributed by atoms with E-state index in [9.17, 15) is 91.6 Å². The van der Waals surface area contributed by atoms with Gasteiger partial charge in [0.15, 0.2) is 17.9 Å². The summed E-state index contributed by atoms with van der Waals surface area (Å²) in [6, 6.07) is 15.3. The van der Waals surface area contributed by atoms with Gasteiger partial charge >= 0.3 is 0 Å². The smallest absolute Gasteiger partial charge is 0.295 e. The number of fused-ring (bicyclic) bond motifs is 3. The van der Waals surface area contributed by atoms with E-state index in [2.05, 4.69) is 31.9 Å². The highest BCUT2D eigenvalue weighted by Crippen LogP contribution is 2.53. The lowest BCUT2D eigenvalue weighted by Crippen LogP contribution is -2.61. The van der Waals surface area contributed by atoms with Gasteiger partial charge in [-0.05, 0) is 85.9 Å². The first-order chi connectivity index (χ1) is 48.8. The normalized spacial score (nSPS) is 21.2. The summed E-state index contributed by atoms with van der Waals surface area (Å²) < 4.78 is 58.0. The van der Waals surface area contributed by atoms with Gasteiger partial charge in [0, 0.05) is 48.9 Å². The van der Waals surface area contributed by atoms with Crippen molar-refractivity contribution in [2.45, 2.75) is 164 Å². The Bertz CT molecular complexity index is 4170. The quantitative estimate of drug-likeness (QED) is 0.0236. The van der Waals surface area contributed by atoms with E-state index in [4.69, 9.17) is 18.9 Å². The van der Waals surface area contributed by atoms with E-state index in [-0.39, 0.29) is 90.0 Å². The number of nitrogens with one attached hydrogen (secondary N) is 6. The molecule has 30 nitrogen and oxygen atoms in total. The highest BCUT2D eigenvalue weighted by Gasteiger charge is 2.51. The molecule has 0 bridgehead atoms. The molecular weight excluding hydrogens is 1360 g/mol. The monoisotopic (exact) mass is 1450 g/mol. The number of benzene rings is 5. The van der Waals surface area contributed by atoms with Crippen molar-refractivity contribution in [3.05, 3.63) is 147 Å². The Morgan fingerprint density at radius 3 is 2.03 bits per heavy atom. The number of aliphatic hydroxyl groups is 3. The van der Waals surface area contributed by atoms with Crippen LogP contribution in [0.1, 0.15) is 144 Å². The standard InChI is InChI=1S/C72H85N7O23S/c1-36(2)26-46(78-70(93)50-18-13-25-79(50)71(94)42-16-10-11-20-53(42)103(96,97)98)66(89)73-32-55(83)74-49(35-100-34-40-14-8-7-9-15-40)69(92)77-48(28-39-21-23-41(81)24-22-39)68(91)76-47(27-37(3)4)67(90)75-45-29-56(101-38(5)61(45)84)102-52-31-72(95,54(82)33-80)30-44-58(52)65(88)60-59(63(44)86)62(85)43-17-12-19-51(99-6)57(43)64(60)87/h7-12,14-17,19-24,36-38,45-50,52,56,61,80-81,84,86,88,95H,13,18,25-35H2,1-6H3,(H,73,89)(H,74,83)(H,75,90)(H,76,91)(H,77,92)(H,78,93)(H,96,97,98)/t38-,45-,46-,47-,48-,49-,50-,52-,56-,61+,72-/m0/s1. The average Bonchev–Trinajstić information content (AvgIpc) is 1.25. The number of likely N-dealkylation sites (tertiary alicyclic amines) is 1. The van der Waals surface area contributed by atoms with Crippen molar-refractivity contribution in [2.24, 2.45) is 11.8 Å². The Balaban J connectivity index is 0.913. The largest absolute Gasteiger partial charge is 0.508 e. The van der Waals surface area contributed by atoms with E-state index in [0.29, 0.717) is 17.5 Å². The lowest BCUT2D eigenvalue weighted by Gasteiger charge is -2.43. The van der Waals surface area contributed by atoms with Gasteiger partial charge in [0.05, 0.1) is 67.4 Å². The van der Waals surface area contributed by atoms with E-state index < -0.39 is 202 Å². The first-order valence-corrected chi connectivity index (χ1v) is 35.0. The molecule has 5 aromatic rings. The zero-order valence-corrected chi connectivity index (χ0v) is 58.2. The van der Waals surface area contributed by atoms with E-state index >= 15 is 0 Å². The number of ketones is 3. The maximum absolute atomic E-state index is 14.9. The number of hydrogen-bond acceptors (Lipinski definition) is 22. The molecule has 2 aliphatic carbocycles. The molecule has 0 spiro atoms. The molecule has 0 saturated carbocycles. The molecular formula is C72H85N7O23S. The van der Waals surface area contributed by atoms with Gasteiger partial charge in [-0.3, -0.25) is 52.5 Å². The van der Waals surface area contributed by atoms with Crippen molar-refractivity contribution >= 4 is 68.8 Å². The van der Waals surface area contributed by atoms with Crippen molar-refractivity contribution in [1.82, 2.24) is 36.8 Å². The molecule has 4 aliphatic rings. The maximum Gasteiger partial charge on any atom is 0.295 e. The van der Waals surface area contributed by atoms with Crippen LogP contribution < -0.4 is 36.6 Å². The van der Waals surface area contributed by atoms with Gasteiger partial charge in [-0.25, -0.2) is 0 Å². The summed E-state index contributed by atoms with van der Waals surface area (Å²) in [5.41, 5.74) is -4.06. The highest BCUT2D eigenvalue weighted by atomic mass is 32.2. The number of aromatic hydroxyl groups is 3. The third-order valence-electron chi connectivity index (χ3n) is 18.5. The molecule has 2 aliphatic heterocycles. The molecule has 2 fully saturated rings. The Kier molecular flexibility index (Phi) is 24.9.